The van der Waals surface area contributed by atoms with Crippen LogP contribution in [0, 0.1) is 0 Å². The van der Waals surface area contributed by atoms with Gasteiger partial charge in [-0.3, -0.25) is 4.79 Å². The standard InChI is InChI=1S/C20H21NO6/c1-3-25-17-12-8-6-10-15(17)20(24)27-13-18(22)21-16-11-7-5-9-14(16)19(23)26-4-2/h5-12H,3-4,13H2,1-2H3,(H,21,22). The van der Waals surface area contributed by atoms with Crippen molar-refractivity contribution in [2.24, 2.45) is 0 Å². The number of rotatable bonds is 8. The van der Waals surface area contributed by atoms with Crippen LogP contribution in [0.4, 0.5) is 5.69 Å². The molecule has 27 heavy (non-hydrogen) atoms. The van der Waals surface area contributed by atoms with Gasteiger partial charge in [0.2, 0.25) is 0 Å². The van der Waals surface area contributed by atoms with Gasteiger partial charge in [-0.15, -0.1) is 0 Å². The van der Waals surface area contributed by atoms with Crippen LogP contribution in [-0.2, 0) is 14.3 Å². The number of benzene rings is 2. The van der Waals surface area contributed by atoms with Gasteiger partial charge in [-0.2, -0.15) is 0 Å². The number of hydrogen-bond acceptors (Lipinski definition) is 6. The van der Waals surface area contributed by atoms with Crippen molar-refractivity contribution < 1.29 is 28.6 Å². The Morgan fingerprint density at radius 1 is 0.815 bits per heavy atom. The van der Waals surface area contributed by atoms with E-state index in [1.165, 1.54) is 6.07 Å². The van der Waals surface area contributed by atoms with Crippen molar-refractivity contribution in [3.8, 4) is 5.75 Å². The van der Waals surface area contributed by atoms with E-state index in [0.29, 0.717) is 12.4 Å². The predicted octanol–water partition coefficient (Wildman–Crippen LogP) is 3.06. The Bertz CT molecular complexity index is 818. The van der Waals surface area contributed by atoms with Crippen molar-refractivity contribution in [2.75, 3.05) is 25.1 Å². The fraction of sp³-hybridized carbons (Fsp3) is 0.250. The molecule has 0 bridgehead atoms. The second kappa shape index (κ2) is 9.96. The van der Waals surface area contributed by atoms with Crippen LogP contribution in [0.1, 0.15) is 34.6 Å². The molecular formula is C20H21NO6. The summed E-state index contributed by atoms with van der Waals surface area (Å²) in [5.74, 6) is -1.41. The summed E-state index contributed by atoms with van der Waals surface area (Å²) in [7, 11) is 0. The molecule has 2 aromatic rings. The Morgan fingerprint density at radius 2 is 1.44 bits per heavy atom. The van der Waals surface area contributed by atoms with E-state index < -0.39 is 24.5 Å². The second-order valence-electron chi connectivity index (χ2n) is 5.32. The van der Waals surface area contributed by atoms with Crippen LogP contribution >= 0.6 is 0 Å². The highest BCUT2D eigenvalue weighted by Gasteiger charge is 2.17. The molecule has 0 aromatic heterocycles. The van der Waals surface area contributed by atoms with Gasteiger partial charge < -0.3 is 19.5 Å². The summed E-state index contributed by atoms with van der Waals surface area (Å²) in [6.45, 7) is 3.61. The molecule has 1 amide bonds. The molecule has 0 unspecified atom stereocenters. The molecule has 142 valence electrons. The Hall–Kier alpha value is -3.35. The van der Waals surface area contributed by atoms with Gasteiger partial charge in [0, 0.05) is 0 Å². The molecule has 0 heterocycles. The fourth-order valence-corrected chi connectivity index (χ4v) is 2.29. The predicted molar refractivity (Wildman–Crippen MR) is 98.9 cm³/mol. The molecule has 7 nitrogen and oxygen atoms in total. The third kappa shape index (κ3) is 5.57. The van der Waals surface area contributed by atoms with E-state index >= 15 is 0 Å². The molecular weight excluding hydrogens is 350 g/mol. The monoisotopic (exact) mass is 371 g/mol. The number of para-hydroxylation sites is 2. The first-order valence-corrected chi connectivity index (χ1v) is 8.51. The Morgan fingerprint density at radius 3 is 2.15 bits per heavy atom. The minimum Gasteiger partial charge on any atom is -0.493 e. The summed E-state index contributed by atoms with van der Waals surface area (Å²) in [4.78, 5) is 36.2. The number of nitrogens with one attached hydrogen (secondary N) is 1. The van der Waals surface area contributed by atoms with Gasteiger partial charge in [0.1, 0.15) is 11.3 Å². The van der Waals surface area contributed by atoms with Crippen LogP contribution < -0.4 is 10.1 Å². The molecule has 0 aliphatic heterocycles. The first-order chi connectivity index (χ1) is 13.1. The molecule has 2 aromatic carbocycles. The Kier molecular flexibility index (Phi) is 7.37. The molecule has 0 atom stereocenters. The van der Waals surface area contributed by atoms with Crippen molar-refractivity contribution in [1.82, 2.24) is 0 Å². The number of hydrogen-bond donors (Lipinski definition) is 1. The third-order valence-corrected chi connectivity index (χ3v) is 3.44. The van der Waals surface area contributed by atoms with E-state index in [1.54, 1.807) is 56.3 Å². The average molecular weight is 371 g/mol. The number of esters is 2. The number of ether oxygens (including phenoxy) is 3. The molecule has 0 aliphatic carbocycles. The summed E-state index contributed by atoms with van der Waals surface area (Å²) in [6, 6.07) is 13.1. The summed E-state index contributed by atoms with van der Waals surface area (Å²) >= 11 is 0. The van der Waals surface area contributed by atoms with E-state index in [2.05, 4.69) is 5.32 Å². The summed E-state index contributed by atoms with van der Waals surface area (Å²) in [6.07, 6.45) is 0. The van der Waals surface area contributed by atoms with Gasteiger partial charge in [-0.05, 0) is 38.1 Å². The first-order valence-electron chi connectivity index (χ1n) is 8.51. The lowest BCUT2D eigenvalue weighted by Crippen LogP contribution is -2.22. The molecule has 0 saturated heterocycles. The van der Waals surface area contributed by atoms with Gasteiger partial charge in [0.25, 0.3) is 5.91 Å². The zero-order chi connectivity index (χ0) is 19.6. The number of amides is 1. The van der Waals surface area contributed by atoms with Crippen LogP contribution in [0.3, 0.4) is 0 Å². The van der Waals surface area contributed by atoms with Gasteiger partial charge >= 0.3 is 11.9 Å². The van der Waals surface area contributed by atoms with Crippen molar-refractivity contribution in [3.63, 3.8) is 0 Å². The lowest BCUT2D eigenvalue weighted by atomic mass is 10.2. The van der Waals surface area contributed by atoms with E-state index in [4.69, 9.17) is 14.2 Å². The number of carbonyl (C=O) groups is 3. The van der Waals surface area contributed by atoms with Crippen molar-refractivity contribution >= 4 is 23.5 Å². The Labute approximate surface area is 157 Å². The van der Waals surface area contributed by atoms with Crippen molar-refractivity contribution in [3.05, 3.63) is 59.7 Å². The average Bonchev–Trinajstić information content (AvgIpc) is 2.67. The van der Waals surface area contributed by atoms with Gasteiger partial charge in [0.05, 0.1) is 24.5 Å². The highest BCUT2D eigenvalue weighted by molar-refractivity contribution is 6.02. The van der Waals surface area contributed by atoms with Crippen molar-refractivity contribution in [2.45, 2.75) is 13.8 Å². The molecule has 0 aliphatic rings. The topological polar surface area (TPSA) is 90.9 Å². The van der Waals surface area contributed by atoms with E-state index in [1.807, 2.05) is 0 Å². The molecule has 1 N–H and O–H groups in total. The molecule has 0 fully saturated rings. The van der Waals surface area contributed by atoms with E-state index in [9.17, 15) is 14.4 Å². The lowest BCUT2D eigenvalue weighted by Gasteiger charge is -2.11. The summed E-state index contributed by atoms with van der Waals surface area (Å²) in [5, 5.41) is 2.55. The van der Waals surface area contributed by atoms with E-state index in [-0.39, 0.29) is 23.4 Å². The van der Waals surface area contributed by atoms with E-state index in [0.717, 1.165) is 0 Å². The zero-order valence-corrected chi connectivity index (χ0v) is 15.2. The van der Waals surface area contributed by atoms with Crippen LogP contribution in [0.25, 0.3) is 0 Å². The smallest absolute Gasteiger partial charge is 0.342 e. The molecule has 0 radical (unpaired) electrons. The quantitative estimate of drug-likeness (QED) is 0.717. The van der Waals surface area contributed by atoms with Gasteiger partial charge in [0.15, 0.2) is 6.61 Å². The SMILES string of the molecule is CCOC(=O)c1ccccc1NC(=O)COC(=O)c1ccccc1OCC. The second-order valence-corrected chi connectivity index (χ2v) is 5.32. The maximum atomic E-state index is 12.2. The molecule has 0 saturated carbocycles. The first kappa shape index (κ1) is 20.0. The third-order valence-electron chi connectivity index (χ3n) is 3.44. The minimum atomic E-state index is -0.673. The summed E-state index contributed by atoms with van der Waals surface area (Å²) < 4.78 is 15.4. The minimum absolute atomic E-state index is 0.220. The van der Waals surface area contributed by atoms with Gasteiger partial charge in [-0.25, -0.2) is 9.59 Å². The largest absolute Gasteiger partial charge is 0.493 e. The lowest BCUT2D eigenvalue weighted by molar-refractivity contribution is -0.119. The Balaban J connectivity index is 1.99. The van der Waals surface area contributed by atoms with Crippen LogP contribution in [-0.4, -0.2) is 37.7 Å². The maximum Gasteiger partial charge on any atom is 0.342 e. The number of anilines is 1. The maximum absolute atomic E-state index is 12.2. The van der Waals surface area contributed by atoms with Crippen LogP contribution in [0.15, 0.2) is 48.5 Å². The molecule has 7 heteroatoms. The highest BCUT2D eigenvalue weighted by Crippen LogP contribution is 2.19. The normalized spacial score (nSPS) is 10.0. The fourth-order valence-electron chi connectivity index (χ4n) is 2.29. The van der Waals surface area contributed by atoms with Crippen LogP contribution in [0.5, 0.6) is 5.75 Å². The number of carbonyl (C=O) groups excluding carboxylic acids is 3. The molecule has 0 spiro atoms. The summed E-state index contributed by atoms with van der Waals surface area (Å²) in [5.41, 5.74) is 0.742. The highest BCUT2D eigenvalue weighted by atomic mass is 16.5. The zero-order valence-electron chi connectivity index (χ0n) is 15.2. The molecule has 2 rings (SSSR count). The van der Waals surface area contributed by atoms with Crippen LogP contribution in [0.2, 0.25) is 0 Å². The van der Waals surface area contributed by atoms with Crippen molar-refractivity contribution in [1.29, 1.82) is 0 Å². The van der Waals surface area contributed by atoms with Gasteiger partial charge in [-0.1, -0.05) is 24.3 Å².